The number of aromatic nitrogens is 1. The van der Waals surface area contributed by atoms with Crippen LogP contribution < -0.4 is 20.5 Å². The number of sulfonamides is 1. The summed E-state index contributed by atoms with van der Waals surface area (Å²) in [6, 6.07) is 13.9. The van der Waals surface area contributed by atoms with Gasteiger partial charge in [-0.05, 0) is 56.0 Å². The molecule has 4 aliphatic rings. The van der Waals surface area contributed by atoms with Gasteiger partial charge in [0.2, 0.25) is 27.7 Å². The van der Waals surface area contributed by atoms with Crippen LogP contribution in [0.15, 0.2) is 60.7 Å². The predicted molar refractivity (Wildman–Crippen MR) is 173 cm³/mol. The third kappa shape index (κ3) is 5.84. The normalized spacial score (nSPS) is 29.6. The number of para-hydroxylation sites is 1. The molecule has 0 bridgehead atoms. The van der Waals surface area contributed by atoms with Crippen molar-refractivity contribution in [2.24, 2.45) is 11.7 Å². The van der Waals surface area contributed by atoms with E-state index in [1.54, 1.807) is 0 Å². The first-order valence-electron chi connectivity index (χ1n) is 16.2. The van der Waals surface area contributed by atoms with Crippen LogP contribution in [0.5, 0.6) is 5.88 Å². The van der Waals surface area contributed by atoms with E-state index in [9.17, 15) is 22.8 Å². The van der Waals surface area contributed by atoms with E-state index in [2.05, 4.69) is 10.0 Å². The minimum absolute atomic E-state index is 0.117. The van der Waals surface area contributed by atoms with Crippen molar-refractivity contribution in [3.63, 3.8) is 0 Å². The maximum atomic E-state index is 14.1. The number of allylic oxidation sites excluding steroid dienone is 1. The van der Waals surface area contributed by atoms with Crippen molar-refractivity contribution in [3.05, 3.63) is 60.7 Å². The predicted octanol–water partition coefficient (Wildman–Crippen LogP) is 3.07. The summed E-state index contributed by atoms with van der Waals surface area (Å²) < 4.78 is 34.1. The Labute approximate surface area is 268 Å². The number of carbonyl (C=O) groups is 3. The highest BCUT2D eigenvalue weighted by Gasteiger charge is 2.62. The molecule has 2 aliphatic heterocycles. The van der Waals surface area contributed by atoms with Gasteiger partial charge in [-0.15, -0.1) is 0 Å². The zero-order valence-corrected chi connectivity index (χ0v) is 26.4. The molecule has 3 aromatic rings. The Kier molecular flexibility index (Phi) is 7.96. The highest BCUT2D eigenvalue weighted by atomic mass is 32.2. The second-order valence-corrected chi connectivity index (χ2v) is 15.0. The summed E-state index contributed by atoms with van der Waals surface area (Å²) in [5.41, 5.74) is 5.74. The number of ether oxygens (including phenoxy) is 1. The Morgan fingerprint density at radius 3 is 2.52 bits per heavy atom. The van der Waals surface area contributed by atoms with Crippen molar-refractivity contribution in [3.8, 4) is 5.88 Å². The molecule has 0 radical (unpaired) electrons. The molecule has 0 unspecified atom stereocenters. The number of nitrogens with two attached hydrogens (primary N) is 1. The van der Waals surface area contributed by atoms with Gasteiger partial charge in [-0.3, -0.25) is 19.1 Å². The fourth-order valence-electron chi connectivity index (χ4n) is 6.86. The monoisotopic (exact) mass is 645 g/mol. The van der Waals surface area contributed by atoms with Crippen LogP contribution in [0, 0.1) is 5.92 Å². The van der Waals surface area contributed by atoms with Crippen LogP contribution in [-0.4, -0.2) is 71.5 Å². The zero-order valence-electron chi connectivity index (χ0n) is 25.6. The van der Waals surface area contributed by atoms with Crippen molar-refractivity contribution < 1.29 is 27.5 Å². The molecule has 2 aliphatic carbocycles. The van der Waals surface area contributed by atoms with E-state index >= 15 is 0 Å². The zero-order chi connectivity index (χ0) is 32.1. The molecule has 4 N–H and O–H groups in total. The number of hydrogen-bond donors (Lipinski definition) is 3. The number of carbonyl (C=O) groups excluding carboxylic acids is 3. The largest absolute Gasteiger partial charge is 0.472 e. The quantitative estimate of drug-likeness (QED) is 0.282. The highest BCUT2D eigenvalue weighted by molar-refractivity contribution is 7.91. The summed E-state index contributed by atoms with van der Waals surface area (Å²) in [5, 5.41) is 5.10. The lowest BCUT2D eigenvalue weighted by Crippen LogP contribution is -2.57. The van der Waals surface area contributed by atoms with Gasteiger partial charge in [0.15, 0.2) is 0 Å². The van der Waals surface area contributed by atoms with Gasteiger partial charge < -0.3 is 20.7 Å². The number of amides is 3. The summed E-state index contributed by atoms with van der Waals surface area (Å²) in [6.07, 6.45) is 8.56. The van der Waals surface area contributed by atoms with Crippen LogP contribution in [0.4, 0.5) is 0 Å². The minimum atomic E-state index is -3.82. The van der Waals surface area contributed by atoms with Gasteiger partial charge in [-0.2, -0.15) is 0 Å². The maximum absolute atomic E-state index is 14.1. The van der Waals surface area contributed by atoms with Crippen molar-refractivity contribution in [2.75, 3.05) is 6.54 Å². The number of fused-ring (bicyclic) bond motifs is 5. The molecule has 2 saturated carbocycles. The van der Waals surface area contributed by atoms with E-state index in [0.29, 0.717) is 25.1 Å². The van der Waals surface area contributed by atoms with Crippen LogP contribution in [0.25, 0.3) is 21.7 Å². The summed E-state index contributed by atoms with van der Waals surface area (Å²) in [5.74, 6) is -1.57. The molecule has 3 heterocycles. The standard InChI is InChI=1S/C34H39N5O6S/c35-27-14-5-3-1-2-4-10-21-19-34(21,33(42)38-46(43,44)23-16-17-23)37-30(40)29-18-22(20-39(29)32(27)41)45-31-26-13-7-6-11-24(26)25-12-8-9-15-28(25)36-31/h4,6-13,15,21-23,27,29H,1-3,5,14,16-20,35H2,(H,37,40)(H,38,42)/b10-4-/t21-,22-,27+,29+,34-/m1/s1. The maximum Gasteiger partial charge on any atom is 0.259 e. The summed E-state index contributed by atoms with van der Waals surface area (Å²) >= 11 is 0. The number of rotatable bonds is 5. The van der Waals surface area contributed by atoms with Gasteiger partial charge in [-0.1, -0.05) is 61.4 Å². The Morgan fingerprint density at radius 2 is 1.74 bits per heavy atom. The van der Waals surface area contributed by atoms with Crippen LogP contribution in [0.2, 0.25) is 0 Å². The number of nitrogens with one attached hydrogen (secondary N) is 2. The van der Waals surface area contributed by atoms with Crippen molar-refractivity contribution in [1.29, 1.82) is 0 Å². The van der Waals surface area contributed by atoms with Gasteiger partial charge in [0, 0.05) is 23.1 Å². The summed E-state index contributed by atoms with van der Waals surface area (Å²) in [6.45, 7) is 0.117. The Bertz CT molecular complexity index is 1840. The van der Waals surface area contributed by atoms with E-state index in [-0.39, 0.29) is 31.2 Å². The van der Waals surface area contributed by atoms with Crippen LogP contribution in [-0.2, 0) is 24.4 Å². The lowest BCUT2D eigenvalue weighted by Gasteiger charge is -2.28. The van der Waals surface area contributed by atoms with Crippen molar-refractivity contribution in [1.82, 2.24) is 19.9 Å². The van der Waals surface area contributed by atoms with Crippen molar-refractivity contribution in [2.45, 2.75) is 86.8 Å². The fourth-order valence-corrected chi connectivity index (χ4v) is 8.23. The van der Waals surface area contributed by atoms with Gasteiger partial charge in [0.25, 0.3) is 5.91 Å². The molecular weight excluding hydrogens is 606 g/mol. The highest BCUT2D eigenvalue weighted by Crippen LogP contribution is 2.46. The number of benzene rings is 2. The first kappa shape index (κ1) is 30.6. The Hall–Kier alpha value is -4.03. The van der Waals surface area contributed by atoms with Gasteiger partial charge in [-0.25, -0.2) is 13.4 Å². The molecule has 1 aromatic heterocycles. The molecule has 1 saturated heterocycles. The van der Waals surface area contributed by atoms with Gasteiger partial charge in [0.1, 0.15) is 17.7 Å². The molecule has 46 heavy (non-hydrogen) atoms. The molecule has 12 heteroatoms. The second-order valence-electron chi connectivity index (χ2n) is 13.1. The number of pyridine rings is 1. The third-order valence-electron chi connectivity index (χ3n) is 9.74. The van der Waals surface area contributed by atoms with Crippen LogP contribution >= 0.6 is 0 Å². The fraction of sp³-hybridized carbons (Fsp3) is 0.471. The van der Waals surface area contributed by atoms with E-state index < -0.39 is 50.8 Å². The molecule has 5 atom stereocenters. The lowest BCUT2D eigenvalue weighted by atomic mass is 10.1. The van der Waals surface area contributed by atoms with E-state index in [1.807, 2.05) is 60.7 Å². The smallest absolute Gasteiger partial charge is 0.259 e. The second kappa shape index (κ2) is 12.0. The summed E-state index contributed by atoms with van der Waals surface area (Å²) in [7, 11) is -3.82. The van der Waals surface area contributed by atoms with E-state index in [0.717, 1.165) is 47.4 Å². The molecular formula is C34H39N5O6S. The SMILES string of the molecule is N[C@H]1CCCCC/C=C\[C@@H]2C[C@@]2(C(=O)NS(=O)(=O)C2CC2)NC(=O)[C@@H]2C[C@@H](Oc3nc4ccccc4c4ccccc34)CN2C1=O. The molecule has 7 rings (SSSR count). The molecule has 3 fully saturated rings. The molecule has 3 amide bonds. The van der Waals surface area contributed by atoms with Gasteiger partial charge >= 0.3 is 0 Å². The molecule has 2 aromatic carbocycles. The third-order valence-corrected chi connectivity index (χ3v) is 11.6. The van der Waals surface area contributed by atoms with Crippen LogP contribution in [0.3, 0.4) is 0 Å². The average molecular weight is 646 g/mol. The first-order valence-corrected chi connectivity index (χ1v) is 17.8. The Balaban J connectivity index is 1.18. The number of hydrogen-bond acceptors (Lipinski definition) is 8. The molecule has 0 spiro atoms. The average Bonchev–Trinajstić information content (AvgIpc) is 3.97. The number of nitrogens with zero attached hydrogens (tertiary/aromatic N) is 2. The first-order chi connectivity index (χ1) is 22.2. The van der Waals surface area contributed by atoms with Crippen LogP contribution in [0.1, 0.15) is 57.8 Å². The van der Waals surface area contributed by atoms with Crippen molar-refractivity contribution >= 4 is 49.4 Å². The molecule has 242 valence electrons. The molecule has 11 nitrogen and oxygen atoms in total. The topological polar surface area (TPSA) is 161 Å². The minimum Gasteiger partial charge on any atom is -0.472 e. The Morgan fingerprint density at radius 1 is 1.00 bits per heavy atom. The summed E-state index contributed by atoms with van der Waals surface area (Å²) in [4.78, 5) is 47.6. The van der Waals surface area contributed by atoms with E-state index in [1.165, 1.54) is 4.90 Å². The lowest BCUT2D eigenvalue weighted by molar-refractivity contribution is -0.140. The van der Waals surface area contributed by atoms with Gasteiger partial charge in [0.05, 0.1) is 23.4 Å². The van der Waals surface area contributed by atoms with E-state index in [4.69, 9.17) is 15.5 Å².